The van der Waals surface area contributed by atoms with Gasteiger partial charge in [0.15, 0.2) is 0 Å². The molecular weight excluding hydrogens is 188 g/mol. The van der Waals surface area contributed by atoms with E-state index < -0.39 is 0 Å². The summed E-state index contributed by atoms with van der Waals surface area (Å²) >= 11 is 0. The summed E-state index contributed by atoms with van der Waals surface area (Å²) < 4.78 is 5.51. The Bertz CT molecular complexity index is 347. The zero-order valence-electron chi connectivity index (χ0n) is 9.34. The van der Waals surface area contributed by atoms with Crippen molar-refractivity contribution in [2.24, 2.45) is 5.73 Å². The van der Waals surface area contributed by atoms with E-state index in [1.165, 1.54) is 0 Å². The molecule has 0 aromatic heterocycles. The Morgan fingerprint density at radius 2 is 2.13 bits per heavy atom. The van der Waals surface area contributed by atoms with Gasteiger partial charge in [0, 0.05) is 5.56 Å². The molecule has 0 aliphatic rings. The number of nitrogen functional groups attached to an aromatic ring is 1. The molecule has 0 spiro atoms. The van der Waals surface area contributed by atoms with E-state index >= 15 is 0 Å². The number of amidine groups is 1. The highest BCUT2D eigenvalue weighted by Crippen LogP contribution is 2.21. The van der Waals surface area contributed by atoms with Crippen molar-refractivity contribution >= 4 is 5.84 Å². The third-order valence-corrected chi connectivity index (χ3v) is 2.19. The SMILES string of the molecule is CCCc1cc(C(=N)N)ccc1OCC. The summed E-state index contributed by atoms with van der Waals surface area (Å²) in [6.45, 7) is 4.75. The third-order valence-electron chi connectivity index (χ3n) is 2.19. The lowest BCUT2D eigenvalue weighted by Gasteiger charge is -2.10. The molecule has 82 valence electrons. The summed E-state index contributed by atoms with van der Waals surface area (Å²) in [5, 5.41) is 7.37. The van der Waals surface area contributed by atoms with Crippen LogP contribution in [0.1, 0.15) is 31.4 Å². The highest BCUT2D eigenvalue weighted by Gasteiger charge is 2.05. The quantitative estimate of drug-likeness (QED) is 0.573. The number of rotatable bonds is 5. The fraction of sp³-hybridized carbons (Fsp3) is 0.417. The van der Waals surface area contributed by atoms with Gasteiger partial charge in [-0.25, -0.2) is 0 Å². The standard InChI is InChI=1S/C12H18N2O/c1-3-5-9-8-10(12(13)14)6-7-11(9)15-4-2/h6-8H,3-5H2,1-2H3,(H3,13,14). The maximum absolute atomic E-state index is 7.37. The molecule has 0 atom stereocenters. The van der Waals surface area contributed by atoms with E-state index in [9.17, 15) is 0 Å². The first kappa shape index (κ1) is 11.6. The second-order valence-corrected chi connectivity index (χ2v) is 3.42. The largest absolute Gasteiger partial charge is 0.494 e. The van der Waals surface area contributed by atoms with Crippen LogP contribution in [0.5, 0.6) is 5.75 Å². The van der Waals surface area contributed by atoms with Gasteiger partial charge in [-0.05, 0) is 37.1 Å². The van der Waals surface area contributed by atoms with Crippen LogP contribution < -0.4 is 10.5 Å². The van der Waals surface area contributed by atoms with Crippen molar-refractivity contribution in [3.05, 3.63) is 29.3 Å². The van der Waals surface area contributed by atoms with Gasteiger partial charge in [-0.3, -0.25) is 5.41 Å². The van der Waals surface area contributed by atoms with Crippen LogP contribution in [0.4, 0.5) is 0 Å². The molecule has 0 radical (unpaired) electrons. The predicted octanol–water partition coefficient (Wildman–Crippen LogP) is 2.32. The van der Waals surface area contributed by atoms with Gasteiger partial charge in [0.1, 0.15) is 11.6 Å². The highest BCUT2D eigenvalue weighted by atomic mass is 16.5. The summed E-state index contributed by atoms with van der Waals surface area (Å²) in [6, 6.07) is 5.66. The first-order valence-electron chi connectivity index (χ1n) is 5.29. The normalized spacial score (nSPS) is 10.0. The van der Waals surface area contributed by atoms with E-state index in [-0.39, 0.29) is 5.84 Å². The predicted molar refractivity (Wildman–Crippen MR) is 62.6 cm³/mol. The molecular formula is C12H18N2O. The Balaban J connectivity index is 3.02. The minimum absolute atomic E-state index is 0.107. The second kappa shape index (κ2) is 5.39. The van der Waals surface area contributed by atoms with Gasteiger partial charge in [0.2, 0.25) is 0 Å². The molecule has 0 heterocycles. The van der Waals surface area contributed by atoms with Gasteiger partial charge < -0.3 is 10.5 Å². The van der Waals surface area contributed by atoms with Crippen LogP contribution in [-0.2, 0) is 6.42 Å². The van der Waals surface area contributed by atoms with Gasteiger partial charge in [-0.2, -0.15) is 0 Å². The number of hydrogen-bond donors (Lipinski definition) is 2. The van der Waals surface area contributed by atoms with E-state index in [2.05, 4.69) is 6.92 Å². The fourth-order valence-electron chi connectivity index (χ4n) is 1.51. The lowest BCUT2D eigenvalue weighted by Crippen LogP contribution is -2.11. The Morgan fingerprint density at radius 3 is 2.67 bits per heavy atom. The lowest BCUT2D eigenvalue weighted by atomic mass is 10.0. The van der Waals surface area contributed by atoms with Crippen molar-refractivity contribution < 1.29 is 4.74 Å². The molecule has 0 saturated heterocycles. The first-order chi connectivity index (χ1) is 7.19. The van der Waals surface area contributed by atoms with Crippen molar-refractivity contribution in [2.45, 2.75) is 26.7 Å². The smallest absolute Gasteiger partial charge is 0.122 e. The molecule has 1 aromatic rings. The Morgan fingerprint density at radius 1 is 1.40 bits per heavy atom. The monoisotopic (exact) mass is 206 g/mol. The number of nitrogens with two attached hydrogens (primary N) is 1. The maximum Gasteiger partial charge on any atom is 0.122 e. The third kappa shape index (κ3) is 2.98. The van der Waals surface area contributed by atoms with E-state index in [0.717, 1.165) is 29.7 Å². The van der Waals surface area contributed by atoms with Crippen LogP contribution in [0.15, 0.2) is 18.2 Å². The van der Waals surface area contributed by atoms with Crippen molar-refractivity contribution in [1.29, 1.82) is 5.41 Å². The molecule has 1 aromatic carbocycles. The van der Waals surface area contributed by atoms with Crippen molar-refractivity contribution in [3.8, 4) is 5.75 Å². The van der Waals surface area contributed by atoms with E-state index in [1.807, 2.05) is 25.1 Å². The average molecular weight is 206 g/mol. The molecule has 0 aliphatic heterocycles. The van der Waals surface area contributed by atoms with Gasteiger partial charge in [0.25, 0.3) is 0 Å². The molecule has 15 heavy (non-hydrogen) atoms. The lowest BCUT2D eigenvalue weighted by molar-refractivity contribution is 0.336. The maximum atomic E-state index is 7.37. The summed E-state index contributed by atoms with van der Waals surface area (Å²) in [7, 11) is 0. The molecule has 0 saturated carbocycles. The first-order valence-corrected chi connectivity index (χ1v) is 5.29. The number of aryl methyl sites for hydroxylation is 1. The summed E-state index contributed by atoms with van der Waals surface area (Å²) in [6.07, 6.45) is 2.01. The molecule has 1 rings (SSSR count). The summed E-state index contributed by atoms with van der Waals surface area (Å²) in [4.78, 5) is 0. The zero-order chi connectivity index (χ0) is 11.3. The molecule has 3 N–H and O–H groups in total. The van der Waals surface area contributed by atoms with Crippen molar-refractivity contribution in [2.75, 3.05) is 6.61 Å². The average Bonchev–Trinajstić information content (AvgIpc) is 2.21. The van der Waals surface area contributed by atoms with E-state index in [1.54, 1.807) is 0 Å². The number of benzene rings is 1. The van der Waals surface area contributed by atoms with Gasteiger partial charge in [-0.1, -0.05) is 13.3 Å². The molecule has 3 nitrogen and oxygen atoms in total. The topological polar surface area (TPSA) is 59.1 Å². The summed E-state index contributed by atoms with van der Waals surface area (Å²) in [5.74, 6) is 1.01. The molecule has 3 heteroatoms. The van der Waals surface area contributed by atoms with Crippen LogP contribution in [0.25, 0.3) is 0 Å². The number of ether oxygens (including phenoxy) is 1. The van der Waals surface area contributed by atoms with E-state index in [0.29, 0.717) is 6.61 Å². The van der Waals surface area contributed by atoms with Crippen LogP contribution in [0.2, 0.25) is 0 Å². The van der Waals surface area contributed by atoms with Crippen molar-refractivity contribution in [1.82, 2.24) is 0 Å². The van der Waals surface area contributed by atoms with Gasteiger partial charge >= 0.3 is 0 Å². The molecule has 0 bridgehead atoms. The van der Waals surface area contributed by atoms with Gasteiger partial charge in [-0.15, -0.1) is 0 Å². The number of hydrogen-bond acceptors (Lipinski definition) is 2. The summed E-state index contributed by atoms with van der Waals surface area (Å²) in [5.41, 5.74) is 7.34. The van der Waals surface area contributed by atoms with Gasteiger partial charge in [0.05, 0.1) is 6.61 Å². The van der Waals surface area contributed by atoms with Crippen LogP contribution in [0, 0.1) is 5.41 Å². The van der Waals surface area contributed by atoms with E-state index in [4.69, 9.17) is 15.9 Å². The minimum Gasteiger partial charge on any atom is -0.494 e. The fourth-order valence-corrected chi connectivity index (χ4v) is 1.51. The zero-order valence-corrected chi connectivity index (χ0v) is 9.34. The minimum atomic E-state index is 0.107. The van der Waals surface area contributed by atoms with Crippen LogP contribution in [-0.4, -0.2) is 12.4 Å². The Labute approximate surface area is 90.8 Å². The molecule has 0 fully saturated rings. The Kier molecular flexibility index (Phi) is 4.16. The highest BCUT2D eigenvalue weighted by molar-refractivity contribution is 5.95. The van der Waals surface area contributed by atoms with Crippen LogP contribution in [0.3, 0.4) is 0 Å². The molecule has 0 unspecified atom stereocenters. The van der Waals surface area contributed by atoms with Crippen molar-refractivity contribution in [3.63, 3.8) is 0 Å². The van der Waals surface area contributed by atoms with Crippen LogP contribution >= 0.6 is 0 Å². The second-order valence-electron chi connectivity index (χ2n) is 3.42. The molecule has 0 aliphatic carbocycles. The number of nitrogens with one attached hydrogen (secondary N) is 1. The Hall–Kier alpha value is -1.51. The molecule has 0 amide bonds.